The molecule has 1 aromatic carbocycles. The Morgan fingerprint density at radius 1 is 1.32 bits per heavy atom. The van der Waals surface area contributed by atoms with Gasteiger partial charge in [0.2, 0.25) is 5.91 Å². The third-order valence-corrected chi connectivity index (χ3v) is 4.89. The number of amides is 1. The van der Waals surface area contributed by atoms with Crippen molar-refractivity contribution in [1.82, 2.24) is 9.80 Å². The maximum Gasteiger partial charge on any atom is 0.227 e. The Kier molecular flexibility index (Phi) is 11.4. The van der Waals surface area contributed by atoms with E-state index in [2.05, 4.69) is 18.9 Å². The monoisotopic (exact) mass is 389 g/mol. The summed E-state index contributed by atoms with van der Waals surface area (Å²) in [6, 6.07) is 9.69. The van der Waals surface area contributed by atoms with Crippen molar-refractivity contribution in [2.24, 2.45) is 17.6 Å². The number of likely N-dealkylation sites (tertiary alicyclic amines) is 1. The Labute approximate surface area is 164 Å². The zero-order valence-electron chi connectivity index (χ0n) is 15.6. The molecule has 1 aliphatic rings. The predicted molar refractivity (Wildman–Crippen MR) is 110 cm³/mol. The van der Waals surface area contributed by atoms with E-state index in [-0.39, 0.29) is 42.7 Å². The lowest BCUT2D eigenvalue weighted by Crippen LogP contribution is -2.38. The van der Waals surface area contributed by atoms with Crippen molar-refractivity contribution >= 4 is 30.7 Å². The van der Waals surface area contributed by atoms with Gasteiger partial charge in [-0.05, 0) is 37.9 Å². The largest absolute Gasteiger partial charge is 0.342 e. The zero-order chi connectivity index (χ0) is 16.8. The van der Waals surface area contributed by atoms with Crippen LogP contribution < -0.4 is 5.73 Å². The average molecular weight is 390 g/mol. The smallest absolute Gasteiger partial charge is 0.227 e. The number of nitrogens with two attached hydrogens (primary N) is 1. The van der Waals surface area contributed by atoms with E-state index in [0.717, 1.165) is 38.2 Å². The highest BCUT2D eigenvalue weighted by Crippen LogP contribution is 2.25. The number of rotatable bonds is 7. The van der Waals surface area contributed by atoms with Gasteiger partial charge in [0.05, 0.1) is 5.92 Å². The number of benzene rings is 1. The van der Waals surface area contributed by atoms with E-state index < -0.39 is 0 Å². The van der Waals surface area contributed by atoms with Gasteiger partial charge in [-0.15, -0.1) is 24.8 Å². The van der Waals surface area contributed by atoms with E-state index in [9.17, 15) is 4.79 Å². The van der Waals surface area contributed by atoms with Gasteiger partial charge in [-0.25, -0.2) is 0 Å². The summed E-state index contributed by atoms with van der Waals surface area (Å²) in [5, 5.41) is 0. The van der Waals surface area contributed by atoms with Crippen molar-refractivity contribution in [3.8, 4) is 0 Å². The van der Waals surface area contributed by atoms with Crippen LogP contribution in [0.25, 0.3) is 0 Å². The normalized spacial score (nSPS) is 19.1. The molecule has 4 nitrogen and oxygen atoms in total. The van der Waals surface area contributed by atoms with Crippen LogP contribution in [-0.4, -0.2) is 48.9 Å². The summed E-state index contributed by atoms with van der Waals surface area (Å²) >= 11 is 0. The van der Waals surface area contributed by atoms with Crippen LogP contribution in [0.2, 0.25) is 0 Å². The predicted octanol–water partition coefficient (Wildman–Crippen LogP) is 3.36. The van der Waals surface area contributed by atoms with E-state index >= 15 is 0 Å². The summed E-state index contributed by atoms with van der Waals surface area (Å²) in [7, 11) is 2.17. The van der Waals surface area contributed by atoms with Gasteiger partial charge in [0.25, 0.3) is 0 Å². The lowest BCUT2D eigenvalue weighted by Gasteiger charge is -2.26. The Morgan fingerprint density at radius 2 is 1.96 bits per heavy atom. The van der Waals surface area contributed by atoms with Gasteiger partial charge in [-0.3, -0.25) is 4.79 Å². The first-order valence-corrected chi connectivity index (χ1v) is 8.80. The highest BCUT2D eigenvalue weighted by atomic mass is 35.5. The number of carbonyl (C=O) groups is 1. The van der Waals surface area contributed by atoms with Crippen LogP contribution in [0.1, 0.15) is 38.3 Å². The summed E-state index contributed by atoms with van der Waals surface area (Å²) in [5.74, 6) is 0.613. The van der Waals surface area contributed by atoms with Crippen molar-refractivity contribution < 1.29 is 4.79 Å². The minimum absolute atomic E-state index is 0. The maximum atomic E-state index is 12.7. The molecule has 1 fully saturated rings. The Morgan fingerprint density at radius 3 is 2.56 bits per heavy atom. The van der Waals surface area contributed by atoms with Gasteiger partial charge in [-0.2, -0.15) is 0 Å². The molecule has 0 saturated carbocycles. The Balaban J connectivity index is 0.00000288. The van der Waals surface area contributed by atoms with Gasteiger partial charge in [-0.1, -0.05) is 44.2 Å². The Bertz CT molecular complexity index is 501. The number of hydrogen-bond acceptors (Lipinski definition) is 3. The Hall–Kier alpha value is -0.810. The summed E-state index contributed by atoms with van der Waals surface area (Å²) < 4.78 is 0. The molecule has 1 amide bonds. The number of nitrogens with zero attached hydrogens (tertiary/aromatic N) is 2. The maximum absolute atomic E-state index is 12.7. The van der Waals surface area contributed by atoms with E-state index in [1.165, 1.54) is 6.42 Å². The van der Waals surface area contributed by atoms with Crippen LogP contribution in [0.3, 0.4) is 0 Å². The van der Waals surface area contributed by atoms with Crippen molar-refractivity contribution in [1.29, 1.82) is 0 Å². The van der Waals surface area contributed by atoms with Crippen LogP contribution in [0.5, 0.6) is 0 Å². The van der Waals surface area contributed by atoms with Crippen LogP contribution in [0, 0.1) is 11.8 Å². The average Bonchev–Trinajstić information content (AvgIpc) is 3.02. The lowest BCUT2D eigenvalue weighted by atomic mass is 9.94. The molecular formula is C19H33Cl2N3O. The number of halogens is 2. The first-order valence-electron chi connectivity index (χ1n) is 8.80. The third-order valence-electron chi connectivity index (χ3n) is 4.89. The summed E-state index contributed by atoms with van der Waals surface area (Å²) in [4.78, 5) is 17.1. The molecule has 2 N–H and O–H groups in total. The van der Waals surface area contributed by atoms with Gasteiger partial charge in [0.15, 0.2) is 0 Å². The second kappa shape index (κ2) is 11.7. The van der Waals surface area contributed by atoms with E-state index in [0.29, 0.717) is 5.92 Å². The molecule has 2 rings (SSSR count). The second-order valence-corrected chi connectivity index (χ2v) is 6.93. The highest BCUT2D eigenvalue weighted by Gasteiger charge is 2.32. The molecule has 1 aliphatic heterocycles. The molecule has 3 atom stereocenters. The van der Waals surface area contributed by atoms with E-state index in [1.807, 2.05) is 42.2 Å². The van der Waals surface area contributed by atoms with Gasteiger partial charge in [0.1, 0.15) is 0 Å². The number of carbonyl (C=O) groups excluding carboxylic acids is 1. The molecule has 1 heterocycles. The van der Waals surface area contributed by atoms with Gasteiger partial charge < -0.3 is 15.5 Å². The lowest BCUT2D eigenvalue weighted by molar-refractivity contribution is -0.134. The van der Waals surface area contributed by atoms with Crippen LogP contribution in [0.4, 0.5) is 0 Å². The molecule has 0 bridgehead atoms. The fourth-order valence-electron chi connectivity index (χ4n) is 3.50. The fourth-order valence-corrected chi connectivity index (χ4v) is 3.50. The van der Waals surface area contributed by atoms with Crippen LogP contribution in [-0.2, 0) is 4.79 Å². The van der Waals surface area contributed by atoms with Crippen molar-refractivity contribution in [2.45, 2.75) is 32.7 Å². The van der Waals surface area contributed by atoms with E-state index in [1.54, 1.807) is 0 Å². The molecule has 1 saturated heterocycles. The molecule has 0 radical (unpaired) electrons. The van der Waals surface area contributed by atoms with E-state index in [4.69, 9.17) is 5.73 Å². The highest BCUT2D eigenvalue weighted by molar-refractivity contribution is 5.85. The first-order chi connectivity index (χ1) is 11.0. The quantitative estimate of drug-likeness (QED) is 0.777. The summed E-state index contributed by atoms with van der Waals surface area (Å²) in [6.07, 6.45) is 2.28. The molecule has 1 aromatic rings. The summed E-state index contributed by atoms with van der Waals surface area (Å²) in [6.45, 7) is 8.11. The molecule has 144 valence electrons. The topological polar surface area (TPSA) is 49.6 Å². The molecule has 25 heavy (non-hydrogen) atoms. The minimum atomic E-state index is -0.231. The third kappa shape index (κ3) is 6.78. The standard InChI is InChI=1S/C19H31N3O.2ClH/c1-4-11-21(3)13-16-10-12-22(14-16)19(23)15(2)18(20)17-8-6-5-7-9-17;;/h5-9,15-16,18H,4,10-14,20H2,1-3H3;2*1H. The molecular weight excluding hydrogens is 357 g/mol. The van der Waals surface area contributed by atoms with Gasteiger partial charge in [0, 0.05) is 25.7 Å². The molecule has 0 aliphatic carbocycles. The van der Waals surface area contributed by atoms with Crippen molar-refractivity contribution in [3.63, 3.8) is 0 Å². The van der Waals surface area contributed by atoms with Gasteiger partial charge >= 0.3 is 0 Å². The summed E-state index contributed by atoms with van der Waals surface area (Å²) in [5.41, 5.74) is 7.34. The molecule has 0 aromatic heterocycles. The molecule has 0 spiro atoms. The fraction of sp³-hybridized carbons (Fsp3) is 0.632. The van der Waals surface area contributed by atoms with Crippen molar-refractivity contribution in [2.75, 3.05) is 33.2 Å². The van der Waals surface area contributed by atoms with Crippen LogP contribution in [0.15, 0.2) is 30.3 Å². The molecule has 6 heteroatoms. The SMILES string of the molecule is CCCN(C)CC1CCN(C(=O)C(C)C(N)c2ccccc2)C1.Cl.Cl. The second-order valence-electron chi connectivity index (χ2n) is 6.93. The van der Waals surface area contributed by atoms with Crippen LogP contribution >= 0.6 is 24.8 Å². The zero-order valence-corrected chi connectivity index (χ0v) is 17.2. The minimum Gasteiger partial charge on any atom is -0.342 e. The first kappa shape index (κ1) is 24.2. The number of hydrogen-bond donors (Lipinski definition) is 1. The van der Waals surface area contributed by atoms with Crippen molar-refractivity contribution in [3.05, 3.63) is 35.9 Å². The molecule has 3 unspecified atom stereocenters.